The molecule has 4 heteroatoms. The molecule has 1 saturated heterocycles. The number of ether oxygens (including phenoxy) is 1. The molecule has 1 amide bonds. The number of carbonyl (C=O) groups excluding carboxylic acids is 1. The molecule has 1 aliphatic heterocycles. The summed E-state index contributed by atoms with van der Waals surface area (Å²) in [5.74, 6) is 1.20. The standard InChI is InChI=1S/C19H30N2O2/c1-2-3-4-5-16-23-18-9-6-17(7-10-18)8-11-19(22)21-14-12-20-13-15-21/h6-7,9-10,20H,2-5,8,11-16H2,1H3. The molecule has 0 aromatic heterocycles. The number of piperazine rings is 1. The van der Waals surface area contributed by atoms with Crippen LogP contribution in [0.2, 0.25) is 0 Å². The van der Waals surface area contributed by atoms with Crippen LogP contribution in [0.3, 0.4) is 0 Å². The van der Waals surface area contributed by atoms with Gasteiger partial charge in [0.05, 0.1) is 6.61 Å². The van der Waals surface area contributed by atoms with Crippen LogP contribution >= 0.6 is 0 Å². The van der Waals surface area contributed by atoms with E-state index < -0.39 is 0 Å². The van der Waals surface area contributed by atoms with Crippen molar-refractivity contribution in [1.82, 2.24) is 10.2 Å². The smallest absolute Gasteiger partial charge is 0.222 e. The molecule has 128 valence electrons. The Bertz CT molecular complexity index is 453. The Kier molecular flexibility index (Phi) is 7.95. The molecule has 23 heavy (non-hydrogen) atoms. The van der Waals surface area contributed by atoms with Gasteiger partial charge in [0.25, 0.3) is 0 Å². The van der Waals surface area contributed by atoms with Gasteiger partial charge in [-0.2, -0.15) is 0 Å². The Morgan fingerprint density at radius 2 is 1.87 bits per heavy atom. The third-order valence-corrected chi connectivity index (χ3v) is 4.29. The Hall–Kier alpha value is -1.55. The third-order valence-electron chi connectivity index (χ3n) is 4.29. The number of benzene rings is 1. The monoisotopic (exact) mass is 318 g/mol. The van der Waals surface area contributed by atoms with Crippen molar-refractivity contribution in [2.75, 3.05) is 32.8 Å². The summed E-state index contributed by atoms with van der Waals surface area (Å²) in [4.78, 5) is 14.1. The van der Waals surface area contributed by atoms with Gasteiger partial charge in [0, 0.05) is 32.6 Å². The minimum Gasteiger partial charge on any atom is -0.494 e. The summed E-state index contributed by atoms with van der Waals surface area (Å²) in [7, 11) is 0. The number of amides is 1. The van der Waals surface area contributed by atoms with E-state index in [2.05, 4.69) is 24.4 Å². The number of aryl methyl sites for hydroxylation is 1. The van der Waals surface area contributed by atoms with Crippen LogP contribution in [0, 0.1) is 0 Å². The maximum Gasteiger partial charge on any atom is 0.222 e. The van der Waals surface area contributed by atoms with Crippen LogP contribution in [0.15, 0.2) is 24.3 Å². The van der Waals surface area contributed by atoms with E-state index in [1.165, 1.54) is 24.8 Å². The molecule has 2 rings (SSSR count). The van der Waals surface area contributed by atoms with Gasteiger partial charge >= 0.3 is 0 Å². The Labute approximate surface area is 140 Å². The fourth-order valence-corrected chi connectivity index (χ4v) is 2.79. The van der Waals surface area contributed by atoms with Crippen LogP contribution in [-0.4, -0.2) is 43.6 Å². The fourth-order valence-electron chi connectivity index (χ4n) is 2.79. The van der Waals surface area contributed by atoms with E-state index in [0.717, 1.165) is 51.4 Å². The summed E-state index contributed by atoms with van der Waals surface area (Å²) in [6, 6.07) is 8.19. The largest absolute Gasteiger partial charge is 0.494 e. The second kappa shape index (κ2) is 10.3. The SMILES string of the molecule is CCCCCCOc1ccc(CCC(=O)N2CCNCC2)cc1. The van der Waals surface area contributed by atoms with Crippen molar-refractivity contribution in [3.8, 4) is 5.75 Å². The number of rotatable bonds is 9. The Balaban J connectivity index is 1.67. The van der Waals surface area contributed by atoms with Crippen molar-refractivity contribution in [1.29, 1.82) is 0 Å². The van der Waals surface area contributed by atoms with E-state index in [0.29, 0.717) is 6.42 Å². The highest BCUT2D eigenvalue weighted by molar-refractivity contribution is 5.76. The molecule has 0 spiro atoms. The highest BCUT2D eigenvalue weighted by atomic mass is 16.5. The van der Waals surface area contributed by atoms with Gasteiger partial charge in [0.1, 0.15) is 5.75 Å². The fraction of sp³-hybridized carbons (Fsp3) is 0.632. The minimum atomic E-state index is 0.266. The van der Waals surface area contributed by atoms with Crippen molar-refractivity contribution < 1.29 is 9.53 Å². The molecule has 0 bridgehead atoms. The highest BCUT2D eigenvalue weighted by Gasteiger charge is 2.15. The lowest BCUT2D eigenvalue weighted by molar-refractivity contribution is -0.131. The van der Waals surface area contributed by atoms with Crippen LogP contribution in [0.4, 0.5) is 0 Å². The molecule has 0 atom stereocenters. The van der Waals surface area contributed by atoms with Crippen LogP contribution < -0.4 is 10.1 Å². The zero-order valence-corrected chi connectivity index (χ0v) is 14.4. The maximum atomic E-state index is 12.1. The van der Waals surface area contributed by atoms with Crippen molar-refractivity contribution >= 4 is 5.91 Å². The molecule has 1 fully saturated rings. The van der Waals surface area contributed by atoms with Crippen LogP contribution in [-0.2, 0) is 11.2 Å². The van der Waals surface area contributed by atoms with Gasteiger partial charge in [-0.3, -0.25) is 4.79 Å². The van der Waals surface area contributed by atoms with Crippen LogP contribution in [0.25, 0.3) is 0 Å². The predicted molar refractivity (Wildman–Crippen MR) is 93.8 cm³/mol. The van der Waals surface area contributed by atoms with Crippen molar-refractivity contribution in [2.45, 2.75) is 45.4 Å². The Morgan fingerprint density at radius 1 is 1.13 bits per heavy atom. The number of carbonyl (C=O) groups is 1. The van der Waals surface area contributed by atoms with Crippen molar-refractivity contribution in [3.63, 3.8) is 0 Å². The van der Waals surface area contributed by atoms with Gasteiger partial charge in [-0.25, -0.2) is 0 Å². The number of nitrogens with one attached hydrogen (secondary N) is 1. The molecular weight excluding hydrogens is 288 g/mol. The van der Waals surface area contributed by atoms with E-state index in [4.69, 9.17) is 4.74 Å². The second-order valence-electron chi connectivity index (χ2n) is 6.18. The van der Waals surface area contributed by atoms with E-state index >= 15 is 0 Å². The van der Waals surface area contributed by atoms with Gasteiger partial charge in [-0.05, 0) is 30.5 Å². The first kappa shape index (κ1) is 17.8. The molecule has 1 N–H and O–H groups in total. The van der Waals surface area contributed by atoms with Crippen LogP contribution in [0.1, 0.15) is 44.6 Å². The minimum absolute atomic E-state index is 0.266. The predicted octanol–water partition coefficient (Wildman–Crippen LogP) is 3.01. The summed E-state index contributed by atoms with van der Waals surface area (Å²) in [5.41, 5.74) is 1.20. The summed E-state index contributed by atoms with van der Waals surface area (Å²) >= 11 is 0. The van der Waals surface area contributed by atoms with Gasteiger partial charge < -0.3 is 15.0 Å². The van der Waals surface area contributed by atoms with Gasteiger partial charge in [-0.15, -0.1) is 0 Å². The molecule has 4 nitrogen and oxygen atoms in total. The lowest BCUT2D eigenvalue weighted by atomic mass is 10.1. The summed E-state index contributed by atoms with van der Waals surface area (Å²) in [6.07, 6.45) is 6.29. The van der Waals surface area contributed by atoms with Gasteiger partial charge in [-0.1, -0.05) is 38.3 Å². The molecule has 1 aliphatic rings. The zero-order valence-electron chi connectivity index (χ0n) is 14.4. The second-order valence-corrected chi connectivity index (χ2v) is 6.18. The molecule has 1 aromatic rings. The lowest BCUT2D eigenvalue weighted by Crippen LogP contribution is -2.46. The normalized spacial score (nSPS) is 14.7. The van der Waals surface area contributed by atoms with Gasteiger partial charge in [0.2, 0.25) is 5.91 Å². The quantitative estimate of drug-likeness (QED) is 0.712. The first-order valence-corrected chi connectivity index (χ1v) is 9.00. The molecule has 0 radical (unpaired) electrons. The number of hydrogen-bond donors (Lipinski definition) is 1. The van der Waals surface area contributed by atoms with Gasteiger partial charge in [0.15, 0.2) is 0 Å². The molecule has 1 aromatic carbocycles. The molecule has 0 unspecified atom stereocenters. The van der Waals surface area contributed by atoms with Crippen molar-refractivity contribution in [3.05, 3.63) is 29.8 Å². The summed E-state index contributed by atoms with van der Waals surface area (Å²) in [5, 5.41) is 3.27. The Morgan fingerprint density at radius 3 is 2.57 bits per heavy atom. The first-order valence-electron chi connectivity index (χ1n) is 9.00. The molecule has 0 aliphatic carbocycles. The lowest BCUT2D eigenvalue weighted by Gasteiger charge is -2.27. The number of nitrogens with zero attached hydrogens (tertiary/aromatic N) is 1. The van der Waals surface area contributed by atoms with E-state index in [-0.39, 0.29) is 5.91 Å². The van der Waals surface area contributed by atoms with Crippen molar-refractivity contribution in [2.24, 2.45) is 0 Å². The molecule has 0 saturated carbocycles. The average Bonchev–Trinajstić information content (AvgIpc) is 2.61. The summed E-state index contributed by atoms with van der Waals surface area (Å²) < 4.78 is 5.75. The first-order chi connectivity index (χ1) is 11.3. The highest BCUT2D eigenvalue weighted by Crippen LogP contribution is 2.14. The number of unbranched alkanes of at least 4 members (excludes halogenated alkanes) is 3. The van der Waals surface area contributed by atoms with Crippen LogP contribution in [0.5, 0.6) is 5.75 Å². The van der Waals surface area contributed by atoms with E-state index in [1.54, 1.807) is 0 Å². The molecule has 1 heterocycles. The maximum absolute atomic E-state index is 12.1. The number of hydrogen-bond acceptors (Lipinski definition) is 3. The summed E-state index contributed by atoms with van der Waals surface area (Å²) in [6.45, 7) is 6.51. The van der Waals surface area contributed by atoms with E-state index in [9.17, 15) is 4.79 Å². The molecular formula is C19H30N2O2. The third kappa shape index (κ3) is 6.61. The van der Waals surface area contributed by atoms with E-state index in [1.807, 2.05) is 17.0 Å². The topological polar surface area (TPSA) is 41.6 Å². The average molecular weight is 318 g/mol. The zero-order chi connectivity index (χ0) is 16.3.